The normalized spacial score (nSPS) is 12.0. The van der Waals surface area contributed by atoms with Gasteiger partial charge in [-0.25, -0.2) is 8.42 Å². The van der Waals surface area contributed by atoms with E-state index in [-0.39, 0.29) is 27.7 Å². The van der Waals surface area contributed by atoms with Crippen LogP contribution in [0.1, 0.15) is 18.1 Å². The number of anilines is 2. The van der Waals surface area contributed by atoms with Crippen molar-refractivity contribution in [3.05, 3.63) is 95.0 Å². The van der Waals surface area contributed by atoms with Crippen LogP contribution in [-0.2, 0) is 21.0 Å². The molecule has 1 amide bonds. The molecular formula is C24H20ClF3N2O3S. The van der Waals surface area contributed by atoms with Crippen LogP contribution in [0.5, 0.6) is 0 Å². The largest absolute Gasteiger partial charge is 0.416 e. The van der Waals surface area contributed by atoms with Crippen LogP contribution in [0.2, 0.25) is 5.02 Å². The van der Waals surface area contributed by atoms with Crippen LogP contribution >= 0.6 is 11.6 Å². The number of carbonyl (C=O) groups excluding carboxylic acids is 1. The maximum atomic E-state index is 13.3. The molecule has 0 bridgehead atoms. The molecule has 0 aromatic heterocycles. The van der Waals surface area contributed by atoms with Gasteiger partial charge in [0.05, 0.1) is 16.3 Å². The molecule has 0 radical (unpaired) electrons. The lowest BCUT2D eigenvalue weighted by Gasteiger charge is -2.23. The predicted octanol–water partition coefficient (Wildman–Crippen LogP) is 6.23. The zero-order valence-corrected chi connectivity index (χ0v) is 19.5. The molecule has 0 saturated heterocycles. The molecule has 3 aromatic carbocycles. The maximum Gasteiger partial charge on any atom is 0.416 e. The number of nitrogens with one attached hydrogen (secondary N) is 1. The molecule has 0 atom stereocenters. The third-order valence-corrected chi connectivity index (χ3v) is 7.12. The first-order valence-electron chi connectivity index (χ1n) is 10.1. The van der Waals surface area contributed by atoms with Gasteiger partial charge in [0, 0.05) is 18.3 Å². The molecule has 178 valence electrons. The molecule has 0 aliphatic carbocycles. The van der Waals surface area contributed by atoms with Crippen LogP contribution in [0.3, 0.4) is 0 Å². The van der Waals surface area contributed by atoms with E-state index in [1.54, 1.807) is 37.3 Å². The second-order valence-corrected chi connectivity index (χ2v) is 9.33. The smallest absolute Gasteiger partial charge is 0.322 e. The van der Waals surface area contributed by atoms with Crippen molar-refractivity contribution in [2.24, 2.45) is 0 Å². The van der Waals surface area contributed by atoms with Gasteiger partial charge in [-0.05, 0) is 61.0 Å². The van der Waals surface area contributed by atoms with Crippen molar-refractivity contribution in [1.29, 1.82) is 0 Å². The second kappa shape index (κ2) is 10.3. The first kappa shape index (κ1) is 25.3. The van der Waals surface area contributed by atoms with Crippen molar-refractivity contribution < 1.29 is 26.4 Å². The Labute approximate surface area is 200 Å². The van der Waals surface area contributed by atoms with Gasteiger partial charge in [0.25, 0.3) is 10.0 Å². The minimum Gasteiger partial charge on any atom is -0.322 e. The summed E-state index contributed by atoms with van der Waals surface area (Å²) in [4.78, 5) is 12.1. The first-order valence-corrected chi connectivity index (χ1v) is 11.9. The van der Waals surface area contributed by atoms with Gasteiger partial charge in [-0.1, -0.05) is 41.9 Å². The third-order valence-electron chi connectivity index (χ3n) is 4.74. The number of carbonyl (C=O) groups is 1. The summed E-state index contributed by atoms with van der Waals surface area (Å²) in [5, 5.41) is 2.48. The van der Waals surface area contributed by atoms with Gasteiger partial charge >= 0.3 is 6.18 Å². The van der Waals surface area contributed by atoms with Crippen LogP contribution in [0.4, 0.5) is 24.5 Å². The molecule has 10 heteroatoms. The number of hydrogen-bond donors (Lipinski definition) is 1. The summed E-state index contributed by atoms with van der Waals surface area (Å²) in [6, 6.07) is 17.0. The highest BCUT2D eigenvalue weighted by Crippen LogP contribution is 2.31. The fraction of sp³-hybridized carbons (Fsp3) is 0.125. The topological polar surface area (TPSA) is 66.5 Å². The fourth-order valence-corrected chi connectivity index (χ4v) is 5.13. The van der Waals surface area contributed by atoms with E-state index in [1.807, 2.05) is 0 Å². The second-order valence-electron chi connectivity index (χ2n) is 7.10. The monoisotopic (exact) mass is 508 g/mol. The van der Waals surface area contributed by atoms with E-state index in [1.165, 1.54) is 40.7 Å². The minimum absolute atomic E-state index is 0.0214. The van der Waals surface area contributed by atoms with Crippen LogP contribution in [0.25, 0.3) is 6.08 Å². The van der Waals surface area contributed by atoms with E-state index in [0.29, 0.717) is 5.69 Å². The number of hydrogen-bond acceptors (Lipinski definition) is 3. The van der Waals surface area contributed by atoms with Gasteiger partial charge in [-0.3, -0.25) is 9.10 Å². The van der Waals surface area contributed by atoms with E-state index >= 15 is 0 Å². The summed E-state index contributed by atoms with van der Waals surface area (Å²) in [5.74, 6) is -0.654. The minimum atomic E-state index is -4.50. The number of halogens is 4. The Morgan fingerprint density at radius 1 is 1.03 bits per heavy atom. The molecule has 0 aliphatic rings. The Morgan fingerprint density at radius 3 is 2.38 bits per heavy atom. The summed E-state index contributed by atoms with van der Waals surface area (Å²) in [7, 11) is -4.04. The Hall–Kier alpha value is -3.30. The molecule has 1 N–H and O–H groups in total. The summed E-state index contributed by atoms with van der Waals surface area (Å²) in [6.45, 7) is 1.83. The number of rotatable bonds is 7. The van der Waals surface area contributed by atoms with Crippen molar-refractivity contribution >= 4 is 45.0 Å². The third kappa shape index (κ3) is 5.98. The van der Waals surface area contributed by atoms with E-state index in [0.717, 1.165) is 18.2 Å². The van der Waals surface area contributed by atoms with Crippen molar-refractivity contribution in [3.8, 4) is 0 Å². The Bertz CT molecular complexity index is 1310. The number of benzene rings is 3. The quantitative estimate of drug-likeness (QED) is 0.385. The molecular weight excluding hydrogens is 489 g/mol. The first-order chi connectivity index (χ1) is 16.0. The Kier molecular flexibility index (Phi) is 7.68. The van der Waals surface area contributed by atoms with E-state index in [4.69, 9.17) is 11.6 Å². The Morgan fingerprint density at radius 2 is 1.74 bits per heavy atom. The molecule has 3 aromatic rings. The number of alkyl halides is 3. The van der Waals surface area contributed by atoms with Crippen molar-refractivity contribution in [2.75, 3.05) is 16.2 Å². The van der Waals surface area contributed by atoms with Gasteiger partial charge in [-0.2, -0.15) is 13.2 Å². The van der Waals surface area contributed by atoms with E-state index in [9.17, 15) is 26.4 Å². The number of amides is 1. The lowest BCUT2D eigenvalue weighted by Crippen LogP contribution is -2.31. The van der Waals surface area contributed by atoms with Gasteiger partial charge < -0.3 is 5.32 Å². The van der Waals surface area contributed by atoms with Crippen molar-refractivity contribution in [3.63, 3.8) is 0 Å². The molecule has 0 saturated carbocycles. The lowest BCUT2D eigenvalue weighted by molar-refractivity contribution is -0.137. The van der Waals surface area contributed by atoms with Crippen LogP contribution in [0, 0.1) is 0 Å². The van der Waals surface area contributed by atoms with Gasteiger partial charge in [-0.15, -0.1) is 0 Å². The summed E-state index contributed by atoms with van der Waals surface area (Å²) >= 11 is 6.17. The number of nitrogens with zero attached hydrogens (tertiary/aromatic N) is 1. The predicted molar refractivity (Wildman–Crippen MR) is 127 cm³/mol. The highest BCUT2D eigenvalue weighted by molar-refractivity contribution is 7.93. The van der Waals surface area contributed by atoms with Crippen LogP contribution in [0.15, 0.2) is 83.8 Å². The highest BCUT2D eigenvalue weighted by Gasteiger charge is 2.30. The maximum absolute atomic E-state index is 13.3. The average molecular weight is 509 g/mol. The van der Waals surface area contributed by atoms with Gasteiger partial charge in [0.2, 0.25) is 5.91 Å². The van der Waals surface area contributed by atoms with Crippen LogP contribution in [-0.4, -0.2) is 20.9 Å². The summed E-state index contributed by atoms with van der Waals surface area (Å²) in [6.07, 6.45) is -2.21. The molecule has 34 heavy (non-hydrogen) atoms. The van der Waals surface area contributed by atoms with Gasteiger partial charge in [0.15, 0.2) is 0 Å². The van der Waals surface area contributed by atoms with E-state index < -0.39 is 27.7 Å². The van der Waals surface area contributed by atoms with Gasteiger partial charge in [0.1, 0.15) is 4.90 Å². The number of para-hydroxylation sites is 1. The summed E-state index contributed by atoms with van der Waals surface area (Å²) in [5.41, 5.74) is -0.0300. The average Bonchev–Trinajstić information content (AvgIpc) is 2.79. The number of sulfonamides is 1. The van der Waals surface area contributed by atoms with Crippen molar-refractivity contribution in [2.45, 2.75) is 18.0 Å². The lowest BCUT2D eigenvalue weighted by atomic mass is 10.1. The molecule has 0 spiro atoms. The zero-order valence-electron chi connectivity index (χ0n) is 17.9. The Balaban J connectivity index is 1.82. The molecule has 0 aliphatic heterocycles. The SMILES string of the molecule is CCN(c1ccccc1)S(=O)(=O)c1cc(NC(=O)/C=C/c2cccc(C(F)(F)F)c2)ccc1Cl. The molecule has 0 fully saturated rings. The van der Waals surface area contributed by atoms with Crippen LogP contribution < -0.4 is 9.62 Å². The molecule has 0 unspecified atom stereocenters. The molecule has 0 heterocycles. The standard InChI is InChI=1S/C24H20ClF3N2O3S/c1-2-30(20-9-4-3-5-10-20)34(32,33)22-16-19(12-13-21(22)25)29-23(31)14-11-17-7-6-8-18(15-17)24(26,27)28/h3-16H,2H2,1H3,(H,29,31)/b14-11+. The summed E-state index contributed by atoms with van der Waals surface area (Å²) < 4.78 is 66.3. The molecule has 5 nitrogen and oxygen atoms in total. The highest BCUT2D eigenvalue weighted by atomic mass is 35.5. The fourth-order valence-electron chi connectivity index (χ4n) is 3.16. The van der Waals surface area contributed by atoms with Crippen molar-refractivity contribution in [1.82, 2.24) is 0 Å². The van der Waals surface area contributed by atoms with E-state index in [2.05, 4.69) is 5.32 Å². The zero-order chi connectivity index (χ0) is 24.9. The molecule has 3 rings (SSSR count).